The van der Waals surface area contributed by atoms with Gasteiger partial charge in [0.15, 0.2) is 11.5 Å². The van der Waals surface area contributed by atoms with Gasteiger partial charge in [0.25, 0.3) is 5.91 Å². The third kappa shape index (κ3) is 3.43. The van der Waals surface area contributed by atoms with Gasteiger partial charge in [0.2, 0.25) is 0 Å². The minimum atomic E-state index is -0.484. The predicted molar refractivity (Wildman–Crippen MR) is 102 cm³/mol. The van der Waals surface area contributed by atoms with E-state index in [9.17, 15) is 9.59 Å². The van der Waals surface area contributed by atoms with E-state index in [0.29, 0.717) is 33.8 Å². The molecule has 6 nitrogen and oxygen atoms in total. The number of para-hydroxylation sites is 1. The van der Waals surface area contributed by atoms with E-state index in [2.05, 4.69) is 21.2 Å². The summed E-state index contributed by atoms with van der Waals surface area (Å²) < 4.78 is 11.6. The second-order valence-electron chi connectivity index (χ2n) is 5.42. The van der Waals surface area contributed by atoms with Gasteiger partial charge in [-0.25, -0.2) is 9.69 Å². The minimum absolute atomic E-state index is 0.187. The van der Waals surface area contributed by atoms with Crippen molar-refractivity contribution < 1.29 is 19.1 Å². The number of nitrogens with one attached hydrogen (secondary N) is 1. The van der Waals surface area contributed by atoms with Gasteiger partial charge in [0.05, 0.1) is 19.4 Å². The maximum absolute atomic E-state index is 12.7. The molecule has 0 aromatic heterocycles. The molecule has 0 aliphatic carbocycles. The van der Waals surface area contributed by atoms with E-state index in [4.69, 9.17) is 9.47 Å². The van der Waals surface area contributed by atoms with E-state index < -0.39 is 11.9 Å². The van der Waals surface area contributed by atoms with Crippen molar-refractivity contribution in [2.75, 3.05) is 18.6 Å². The highest BCUT2D eigenvalue weighted by atomic mass is 79.9. The molecule has 0 radical (unpaired) electrons. The van der Waals surface area contributed by atoms with E-state index in [0.717, 1.165) is 4.90 Å². The van der Waals surface area contributed by atoms with Gasteiger partial charge in [-0.15, -0.1) is 0 Å². The molecule has 0 spiro atoms. The average molecular weight is 417 g/mol. The van der Waals surface area contributed by atoms with Crippen molar-refractivity contribution in [3.8, 4) is 11.5 Å². The summed E-state index contributed by atoms with van der Waals surface area (Å²) >= 11 is 3.46. The smallest absolute Gasteiger partial charge is 0.333 e. The van der Waals surface area contributed by atoms with Crippen LogP contribution in [0.2, 0.25) is 0 Å². The van der Waals surface area contributed by atoms with Crippen molar-refractivity contribution in [2.45, 2.75) is 6.92 Å². The number of carbonyl (C=O) groups is 2. The molecule has 26 heavy (non-hydrogen) atoms. The van der Waals surface area contributed by atoms with Gasteiger partial charge < -0.3 is 14.8 Å². The fourth-order valence-electron chi connectivity index (χ4n) is 2.59. The van der Waals surface area contributed by atoms with Crippen molar-refractivity contribution in [1.29, 1.82) is 0 Å². The molecule has 2 aromatic rings. The van der Waals surface area contributed by atoms with E-state index in [1.54, 1.807) is 49.6 Å². The van der Waals surface area contributed by atoms with Crippen LogP contribution in [0.25, 0.3) is 6.08 Å². The van der Waals surface area contributed by atoms with Crippen molar-refractivity contribution >= 4 is 39.6 Å². The topological polar surface area (TPSA) is 67.9 Å². The Morgan fingerprint density at radius 1 is 1.15 bits per heavy atom. The van der Waals surface area contributed by atoms with Crippen LogP contribution in [0.4, 0.5) is 10.5 Å². The predicted octanol–water partition coefficient (Wildman–Crippen LogP) is 3.95. The molecule has 1 aliphatic rings. The highest BCUT2D eigenvalue weighted by Crippen LogP contribution is 2.35. The zero-order valence-corrected chi connectivity index (χ0v) is 15.9. The Kier molecular flexibility index (Phi) is 5.27. The second-order valence-corrected chi connectivity index (χ2v) is 6.28. The zero-order chi connectivity index (χ0) is 18.7. The molecular formula is C19H17BrN2O4. The van der Waals surface area contributed by atoms with Gasteiger partial charge in [-0.1, -0.05) is 34.1 Å². The normalized spacial score (nSPS) is 15.3. The summed E-state index contributed by atoms with van der Waals surface area (Å²) in [6.45, 7) is 2.35. The molecule has 1 N–H and O–H groups in total. The fourth-order valence-corrected chi connectivity index (χ4v) is 3.03. The summed E-state index contributed by atoms with van der Waals surface area (Å²) in [6.07, 6.45) is 1.61. The first-order chi connectivity index (χ1) is 12.5. The third-order valence-corrected chi connectivity index (χ3v) is 4.46. The lowest BCUT2D eigenvalue weighted by atomic mass is 10.1. The average Bonchev–Trinajstić information content (AvgIpc) is 2.92. The number of benzene rings is 2. The standard InChI is InChI=1S/C19H17BrN2O4/c1-3-26-17-10-12(14(20)11-16(17)25-2)9-15-18(23)22(19(24)21-15)13-7-5-4-6-8-13/h4-11H,3H2,1-2H3,(H,21,24). The number of rotatable bonds is 5. The van der Waals surface area contributed by atoms with Crippen LogP contribution < -0.4 is 19.7 Å². The van der Waals surface area contributed by atoms with Crippen LogP contribution in [0, 0.1) is 0 Å². The van der Waals surface area contributed by atoms with Crippen LogP contribution in [-0.2, 0) is 4.79 Å². The van der Waals surface area contributed by atoms with Crippen LogP contribution in [0.3, 0.4) is 0 Å². The van der Waals surface area contributed by atoms with Crippen molar-refractivity contribution in [2.24, 2.45) is 0 Å². The Morgan fingerprint density at radius 3 is 2.54 bits per heavy atom. The molecule has 134 valence electrons. The minimum Gasteiger partial charge on any atom is -0.493 e. The number of hydrogen-bond donors (Lipinski definition) is 1. The molecule has 0 bridgehead atoms. The lowest BCUT2D eigenvalue weighted by molar-refractivity contribution is -0.113. The lowest BCUT2D eigenvalue weighted by Gasteiger charge is -2.12. The van der Waals surface area contributed by atoms with E-state index in [1.165, 1.54) is 0 Å². The maximum Gasteiger partial charge on any atom is 0.333 e. The summed E-state index contributed by atoms with van der Waals surface area (Å²) in [5.41, 5.74) is 1.39. The van der Waals surface area contributed by atoms with Gasteiger partial charge in [0, 0.05) is 4.47 Å². The van der Waals surface area contributed by atoms with Gasteiger partial charge in [-0.05, 0) is 42.8 Å². The molecule has 3 amide bonds. The highest BCUT2D eigenvalue weighted by Gasteiger charge is 2.34. The summed E-state index contributed by atoms with van der Waals surface area (Å²) in [7, 11) is 1.56. The number of anilines is 1. The first kappa shape index (κ1) is 18.0. The quantitative estimate of drug-likeness (QED) is 0.591. The van der Waals surface area contributed by atoms with Crippen LogP contribution >= 0.6 is 15.9 Å². The van der Waals surface area contributed by atoms with Crippen molar-refractivity contribution in [3.05, 3.63) is 58.2 Å². The number of methoxy groups -OCH3 is 1. The number of nitrogens with zero attached hydrogens (tertiary/aromatic N) is 1. The lowest BCUT2D eigenvalue weighted by Crippen LogP contribution is -2.30. The van der Waals surface area contributed by atoms with Crippen LogP contribution in [0.15, 0.2) is 52.6 Å². The number of imide groups is 1. The summed E-state index contributed by atoms with van der Waals surface area (Å²) in [6, 6.07) is 11.8. The van der Waals surface area contributed by atoms with Gasteiger partial charge in [-0.2, -0.15) is 0 Å². The van der Waals surface area contributed by atoms with Gasteiger partial charge >= 0.3 is 6.03 Å². The van der Waals surface area contributed by atoms with Gasteiger partial charge in [0.1, 0.15) is 5.70 Å². The first-order valence-electron chi connectivity index (χ1n) is 7.97. The molecule has 1 fully saturated rings. The number of halogens is 1. The molecule has 0 unspecified atom stereocenters. The Labute approximate surface area is 159 Å². The first-order valence-corrected chi connectivity index (χ1v) is 8.77. The molecule has 7 heteroatoms. The highest BCUT2D eigenvalue weighted by molar-refractivity contribution is 9.10. The van der Waals surface area contributed by atoms with Crippen molar-refractivity contribution in [3.63, 3.8) is 0 Å². The monoisotopic (exact) mass is 416 g/mol. The van der Waals surface area contributed by atoms with E-state index >= 15 is 0 Å². The van der Waals surface area contributed by atoms with E-state index in [-0.39, 0.29) is 5.70 Å². The summed E-state index contributed by atoms with van der Waals surface area (Å²) in [5, 5.41) is 2.61. The van der Waals surface area contributed by atoms with Crippen molar-refractivity contribution in [1.82, 2.24) is 5.32 Å². The summed E-state index contributed by atoms with van der Waals surface area (Å²) in [5.74, 6) is 0.720. The molecule has 1 aliphatic heterocycles. The second kappa shape index (κ2) is 7.61. The fraction of sp³-hybridized carbons (Fsp3) is 0.158. The van der Waals surface area contributed by atoms with E-state index in [1.807, 2.05) is 13.0 Å². The third-order valence-electron chi connectivity index (χ3n) is 3.78. The largest absolute Gasteiger partial charge is 0.493 e. The number of carbonyl (C=O) groups excluding carboxylic acids is 2. The van der Waals surface area contributed by atoms with Crippen LogP contribution in [0.5, 0.6) is 11.5 Å². The number of hydrogen-bond acceptors (Lipinski definition) is 4. The molecular weight excluding hydrogens is 400 g/mol. The van der Waals surface area contributed by atoms with Gasteiger partial charge in [-0.3, -0.25) is 4.79 Å². The SMILES string of the molecule is CCOc1cc(C=C2NC(=O)N(c3ccccc3)C2=O)c(Br)cc1OC. The molecule has 1 heterocycles. The Balaban J connectivity index is 1.97. The number of amides is 3. The molecule has 0 saturated carbocycles. The zero-order valence-electron chi connectivity index (χ0n) is 14.3. The molecule has 1 saturated heterocycles. The Hall–Kier alpha value is -2.80. The Morgan fingerprint density at radius 2 is 1.88 bits per heavy atom. The summed E-state index contributed by atoms with van der Waals surface area (Å²) in [4.78, 5) is 26.0. The number of ether oxygens (including phenoxy) is 2. The van der Waals surface area contributed by atoms with Crippen LogP contribution in [0.1, 0.15) is 12.5 Å². The Bertz CT molecular complexity index is 881. The van der Waals surface area contributed by atoms with Crippen LogP contribution in [-0.4, -0.2) is 25.7 Å². The maximum atomic E-state index is 12.7. The number of urea groups is 1. The molecule has 3 rings (SSSR count). The molecule has 2 aromatic carbocycles. The molecule has 0 atom stereocenters.